The van der Waals surface area contributed by atoms with Crippen LogP contribution in [0.15, 0.2) is 18.7 Å². The molecular weight excluding hydrogens is 242 g/mol. The number of hydrogen-bond acceptors (Lipinski definition) is 3. The Morgan fingerprint density at radius 3 is 2.84 bits per heavy atom. The van der Waals surface area contributed by atoms with Gasteiger partial charge in [0, 0.05) is 24.9 Å². The van der Waals surface area contributed by atoms with E-state index in [1.807, 2.05) is 10.8 Å². The van der Waals surface area contributed by atoms with E-state index in [-0.39, 0.29) is 24.1 Å². The van der Waals surface area contributed by atoms with Gasteiger partial charge < -0.3 is 15.0 Å². The lowest BCUT2D eigenvalue weighted by Gasteiger charge is -2.41. The van der Waals surface area contributed by atoms with Gasteiger partial charge in [0.1, 0.15) is 0 Å². The summed E-state index contributed by atoms with van der Waals surface area (Å²) in [6, 6.07) is 0.156. The highest BCUT2D eigenvalue weighted by Crippen LogP contribution is 2.31. The summed E-state index contributed by atoms with van der Waals surface area (Å²) < 4.78 is 2.00. The van der Waals surface area contributed by atoms with Gasteiger partial charge in [0.05, 0.1) is 18.5 Å². The summed E-state index contributed by atoms with van der Waals surface area (Å²) in [5.74, 6) is 0.0286. The molecule has 1 fully saturated rings. The van der Waals surface area contributed by atoms with Crippen LogP contribution >= 0.6 is 0 Å². The molecule has 0 spiro atoms. The lowest BCUT2D eigenvalue weighted by Crippen LogP contribution is -2.56. The fraction of sp³-hybridized carbons (Fsp3) is 0.714. The van der Waals surface area contributed by atoms with Crippen molar-refractivity contribution >= 4 is 5.91 Å². The number of carbonyl (C=O) groups excluding carboxylic acids is 1. The van der Waals surface area contributed by atoms with E-state index in [4.69, 9.17) is 0 Å². The van der Waals surface area contributed by atoms with Crippen molar-refractivity contribution in [2.45, 2.75) is 57.0 Å². The molecule has 1 aliphatic carbocycles. The van der Waals surface area contributed by atoms with Crippen molar-refractivity contribution in [3.8, 4) is 0 Å². The number of nitrogens with one attached hydrogen (secondary N) is 1. The zero-order valence-corrected chi connectivity index (χ0v) is 11.5. The molecule has 2 rings (SSSR count). The summed E-state index contributed by atoms with van der Waals surface area (Å²) in [5.41, 5.74) is -0.344. The van der Waals surface area contributed by atoms with Crippen LogP contribution in [-0.2, 0) is 4.79 Å². The van der Waals surface area contributed by atoms with Gasteiger partial charge in [0.15, 0.2) is 0 Å². The fourth-order valence-corrected chi connectivity index (χ4v) is 2.66. The molecule has 2 N–H and O–H groups in total. The first-order valence-electron chi connectivity index (χ1n) is 7.08. The largest absolute Gasteiger partial charge is 0.394 e. The van der Waals surface area contributed by atoms with Crippen molar-refractivity contribution < 1.29 is 9.90 Å². The van der Waals surface area contributed by atoms with Crippen LogP contribution in [0, 0.1) is 0 Å². The number of hydrogen-bond donors (Lipinski definition) is 2. The van der Waals surface area contributed by atoms with E-state index in [2.05, 4.69) is 17.2 Å². The molecule has 1 aromatic rings. The number of aliphatic hydroxyl groups excluding tert-OH is 1. The molecule has 1 amide bonds. The Labute approximate surface area is 114 Å². The van der Waals surface area contributed by atoms with Gasteiger partial charge in [0.2, 0.25) is 5.91 Å². The molecule has 0 aromatic carbocycles. The molecular formula is C14H23N3O2. The Morgan fingerprint density at radius 1 is 1.58 bits per heavy atom. The summed E-state index contributed by atoms with van der Waals surface area (Å²) >= 11 is 0. The summed E-state index contributed by atoms with van der Waals surface area (Å²) in [6.07, 6.45) is 10.7. The third-order valence-corrected chi connectivity index (χ3v) is 4.01. The maximum absolute atomic E-state index is 12.1. The second-order valence-corrected chi connectivity index (χ2v) is 5.50. The quantitative estimate of drug-likeness (QED) is 0.787. The van der Waals surface area contributed by atoms with Crippen LogP contribution in [0.4, 0.5) is 0 Å². The van der Waals surface area contributed by atoms with Crippen molar-refractivity contribution in [3.05, 3.63) is 18.7 Å². The number of aromatic nitrogens is 2. The highest BCUT2D eigenvalue weighted by Gasteiger charge is 2.37. The molecule has 106 valence electrons. The highest BCUT2D eigenvalue weighted by atomic mass is 16.3. The van der Waals surface area contributed by atoms with Gasteiger partial charge in [-0.05, 0) is 25.7 Å². The van der Waals surface area contributed by atoms with Crippen molar-refractivity contribution in [3.63, 3.8) is 0 Å². The number of rotatable bonds is 7. The molecule has 0 aliphatic heterocycles. The predicted octanol–water partition coefficient (Wildman–Crippen LogP) is 1.65. The van der Waals surface area contributed by atoms with Crippen LogP contribution in [0.5, 0.6) is 0 Å². The molecule has 1 heterocycles. The van der Waals surface area contributed by atoms with Gasteiger partial charge in [-0.1, -0.05) is 13.3 Å². The van der Waals surface area contributed by atoms with E-state index in [0.717, 1.165) is 32.1 Å². The summed E-state index contributed by atoms with van der Waals surface area (Å²) in [5, 5.41) is 12.4. The third-order valence-electron chi connectivity index (χ3n) is 4.01. The molecule has 1 aliphatic rings. The van der Waals surface area contributed by atoms with Gasteiger partial charge in [-0.2, -0.15) is 0 Å². The normalized spacial score (nSPS) is 18.6. The minimum atomic E-state index is -0.344. The average Bonchev–Trinajstić information content (AvgIpc) is 2.87. The monoisotopic (exact) mass is 265 g/mol. The van der Waals surface area contributed by atoms with Crippen molar-refractivity contribution in [2.24, 2.45) is 0 Å². The summed E-state index contributed by atoms with van der Waals surface area (Å²) in [4.78, 5) is 16.2. The second kappa shape index (κ2) is 6.19. The molecule has 1 aromatic heterocycles. The SMILES string of the molecule is CCCC(CC(=O)NC1(CO)CCC1)n1ccnc1. The number of nitrogens with zero attached hydrogens (tertiary/aromatic N) is 2. The molecule has 1 unspecified atom stereocenters. The van der Waals surface area contributed by atoms with Crippen LogP contribution in [-0.4, -0.2) is 32.7 Å². The minimum absolute atomic E-state index is 0.0286. The standard InChI is InChI=1S/C14H23N3O2/c1-2-4-12(17-8-7-15-11-17)9-13(19)16-14(10-18)5-3-6-14/h7-8,11-12,18H,2-6,9-10H2,1H3,(H,16,19). The minimum Gasteiger partial charge on any atom is -0.394 e. The molecule has 19 heavy (non-hydrogen) atoms. The Morgan fingerprint density at radius 2 is 2.37 bits per heavy atom. The van der Waals surface area contributed by atoms with Crippen molar-refractivity contribution in [1.82, 2.24) is 14.9 Å². The predicted molar refractivity (Wildman–Crippen MR) is 72.6 cm³/mol. The average molecular weight is 265 g/mol. The van der Waals surface area contributed by atoms with Crippen molar-refractivity contribution in [1.29, 1.82) is 0 Å². The Hall–Kier alpha value is -1.36. The first-order valence-corrected chi connectivity index (χ1v) is 7.08. The third kappa shape index (κ3) is 3.35. The maximum atomic E-state index is 12.1. The van der Waals surface area contributed by atoms with Gasteiger partial charge >= 0.3 is 0 Å². The van der Waals surface area contributed by atoms with Gasteiger partial charge in [-0.3, -0.25) is 4.79 Å². The molecule has 1 atom stereocenters. The van der Waals surface area contributed by atoms with Crippen LogP contribution < -0.4 is 5.32 Å². The maximum Gasteiger partial charge on any atom is 0.222 e. The fourth-order valence-electron chi connectivity index (χ4n) is 2.66. The molecule has 1 saturated carbocycles. The zero-order valence-electron chi connectivity index (χ0n) is 11.5. The van der Waals surface area contributed by atoms with Crippen LogP contribution in [0.25, 0.3) is 0 Å². The Balaban J connectivity index is 1.92. The second-order valence-electron chi connectivity index (χ2n) is 5.50. The number of aliphatic hydroxyl groups is 1. The highest BCUT2D eigenvalue weighted by molar-refractivity contribution is 5.77. The molecule has 5 heteroatoms. The van der Waals surface area contributed by atoms with Gasteiger partial charge in [-0.15, -0.1) is 0 Å². The molecule has 5 nitrogen and oxygen atoms in total. The first kappa shape index (κ1) is 14.1. The molecule has 0 saturated heterocycles. The number of imidazole rings is 1. The lowest BCUT2D eigenvalue weighted by atomic mass is 9.77. The van der Waals surface area contributed by atoms with E-state index >= 15 is 0 Å². The van der Waals surface area contributed by atoms with Crippen molar-refractivity contribution in [2.75, 3.05) is 6.61 Å². The zero-order chi connectivity index (χ0) is 13.7. The number of carbonyl (C=O) groups is 1. The smallest absolute Gasteiger partial charge is 0.222 e. The van der Waals surface area contributed by atoms with E-state index in [9.17, 15) is 9.90 Å². The van der Waals surface area contributed by atoms with Crippen LogP contribution in [0.2, 0.25) is 0 Å². The lowest BCUT2D eigenvalue weighted by molar-refractivity contribution is -0.125. The topological polar surface area (TPSA) is 67.2 Å². The molecule has 0 bridgehead atoms. The summed E-state index contributed by atoms with van der Waals surface area (Å²) in [7, 11) is 0. The van der Waals surface area contributed by atoms with Gasteiger partial charge in [0.25, 0.3) is 0 Å². The summed E-state index contributed by atoms with van der Waals surface area (Å²) in [6.45, 7) is 2.16. The number of amides is 1. The Kier molecular flexibility index (Phi) is 4.58. The first-order chi connectivity index (χ1) is 9.19. The van der Waals surface area contributed by atoms with Crippen LogP contribution in [0.1, 0.15) is 51.5 Å². The molecule has 0 radical (unpaired) electrons. The van der Waals surface area contributed by atoms with Gasteiger partial charge in [-0.25, -0.2) is 4.98 Å². The Bertz CT molecular complexity index is 393. The van der Waals surface area contributed by atoms with E-state index in [1.54, 1.807) is 12.5 Å². The van der Waals surface area contributed by atoms with Crippen LogP contribution in [0.3, 0.4) is 0 Å². The van der Waals surface area contributed by atoms with E-state index in [1.165, 1.54) is 0 Å². The van der Waals surface area contributed by atoms with E-state index in [0.29, 0.717) is 6.42 Å². The van der Waals surface area contributed by atoms with E-state index < -0.39 is 0 Å².